The zero-order chi connectivity index (χ0) is 14.1. The Morgan fingerprint density at radius 3 is 2.47 bits per heavy atom. The molecule has 19 heavy (non-hydrogen) atoms. The highest BCUT2D eigenvalue weighted by molar-refractivity contribution is 5.87. The van der Waals surface area contributed by atoms with Gasteiger partial charge in [0.2, 0.25) is 5.91 Å². The molecule has 0 bridgehead atoms. The summed E-state index contributed by atoms with van der Waals surface area (Å²) in [6.45, 7) is 3.05. The number of carbonyl (C=O) groups is 1. The van der Waals surface area contributed by atoms with E-state index in [0.29, 0.717) is 0 Å². The van der Waals surface area contributed by atoms with Gasteiger partial charge in [-0.15, -0.1) is 0 Å². The number of amides is 1. The number of nitrogens with two attached hydrogens (primary N) is 1. The van der Waals surface area contributed by atoms with E-state index in [0.717, 1.165) is 38.1 Å². The van der Waals surface area contributed by atoms with Gasteiger partial charge in [-0.2, -0.15) is 0 Å². The summed E-state index contributed by atoms with van der Waals surface area (Å²) in [7, 11) is 4.26. The first-order valence-electron chi connectivity index (χ1n) is 7.63. The highest BCUT2D eigenvalue weighted by Crippen LogP contribution is 2.35. The molecule has 0 radical (unpaired) electrons. The normalized spacial score (nSPS) is 33.8. The number of carbonyl (C=O) groups excluding carboxylic acids is 1. The summed E-state index contributed by atoms with van der Waals surface area (Å²) >= 11 is 0. The lowest BCUT2D eigenvalue weighted by molar-refractivity contribution is -0.130. The molecule has 0 spiro atoms. The summed E-state index contributed by atoms with van der Waals surface area (Å²) in [4.78, 5) is 14.5. The van der Waals surface area contributed by atoms with Crippen molar-refractivity contribution in [2.75, 3.05) is 20.6 Å². The second-order valence-electron chi connectivity index (χ2n) is 7.01. The lowest BCUT2D eigenvalue weighted by Crippen LogP contribution is -2.62. The molecule has 0 aromatic carbocycles. The van der Waals surface area contributed by atoms with Gasteiger partial charge < -0.3 is 16.0 Å². The average molecular weight is 267 g/mol. The fraction of sp³-hybridized carbons (Fsp3) is 0.933. The Balaban J connectivity index is 1.95. The van der Waals surface area contributed by atoms with E-state index in [-0.39, 0.29) is 11.4 Å². The van der Waals surface area contributed by atoms with Crippen molar-refractivity contribution in [2.45, 2.75) is 62.9 Å². The van der Waals surface area contributed by atoms with Crippen LogP contribution in [0.3, 0.4) is 0 Å². The Labute approximate surface area is 117 Å². The molecule has 4 heteroatoms. The Bertz CT molecular complexity index is 338. The van der Waals surface area contributed by atoms with E-state index >= 15 is 0 Å². The molecule has 0 aliphatic heterocycles. The maximum absolute atomic E-state index is 12.2. The van der Waals surface area contributed by atoms with E-state index in [1.807, 2.05) is 0 Å². The molecule has 2 fully saturated rings. The SMILES string of the molecule is CC1CCCC(CNC(=O)C2(N)CCC2)(N(C)C)C1. The average Bonchev–Trinajstić information content (AvgIpc) is 2.33. The molecule has 0 aromatic heterocycles. The molecule has 0 heterocycles. The highest BCUT2D eigenvalue weighted by Gasteiger charge is 2.42. The van der Waals surface area contributed by atoms with Gasteiger partial charge in [0.1, 0.15) is 0 Å². The van der Waals surface area contributed by atoms with Gasteiger partial charge in [-0.1, -0.05) is 19.8 Å². The molecule has 4 nitrogen and oxygen atoms in total. The van der Waals surface area contributed by atoms with Crippen molar-refractivity contribution in [3.8, 4) is 0 Å². The van der Waals surface area contributed by atoms with E-state index < -0.39 is 5.54 Å². The minimum Gasteiger partial charge on any atom is -0.353 e. The molecule has 2 aliphatic carbocycles. The van der Waals surface area contributed by atoms with Crippen LogP contribution in [0.5, 0.6) is 0 Å². The van der Waals surface area contributed by atoms with Gasteiger partial charge in [-0.3, -0.25) is 4.79 Å². The van der Waals surface area contributed by atoms with Crippen LogP contribution in [0.2, 0.25) is 0 Å². The second kappa shape index (κ2) is 5.41. The first kappa shape index (κ1) is 14.8. The minimum atomic E-state index is -0.576. The summed E-state index contributed by atoms with van der Waals surface area (Å²) in [5.74, 6) is 0.793. The zero-order valence-corrected chi connectivity index (χ0v) is 12.7. The highest BCUT2D eigenvalue weighted by atomic mass is 16.2. The first-order valence-corrected chi connectivity index (χ1v) is 7.63. The molecule has 0 aromatic rings. The van der Waals surface area contributed by atoms with Crippen molar-refractivity contribution >= 4 is 5.91 Å². The van der Waals surface area contributed by atoms with Crippen LogP contribution in [0.25, 0.3) is 0 Å². The van der Waals surface area contributed by atoms with Gasteiger partial charge in [-0.05, 0) is 52.1 Å². The van der Waals surface area contributed by atoms with E-state index in [4.69, 9.17) is 5.73 Å². The molecular formula is C15H29N3O. The topological polar surface area (TPSA) is 58.4 Å². The van der Waals surface area contributed by atoms with Gasteiger partial charge in [-0.25, -0.2) is 0 Å². The van der Waals surface area contributed by atoms with Gasteiger partial charge in [0, 0.05) is 12.1 Å². The zero-order valence-electron chi connectivity index (χ0n) is 12.7. The van der Waals surface area contributed by atoms with Crippen LogP contribution in [0.1, 0.15) is 51.9 Å². The third kappa shape index (κ3) is 2.95. The Morgan fingerprint density at radius 2 is 2.00 bits per heavy atom. The van der Waals surface area contributed by atoms with Crippen LogP contribution in [0, 0.1) is 5.92 Å². The predicted molar refractivity (Wildman–Crippen MR) is 77.8 cm³/mol. The van der Waals surface area contributed by atoms with Crippen LogP contribution in [-0.2, 0) is 4.79 Å². The summed E-state index contributed by atoms with van der Waals surface area (Å²) in [6, 6.07) is 0. The quantitative estimate of drug-likeness (QED) is 0.811. The Hall–Kier alpha value is -0.610. The van der Waals surface area contributed by atoms with E-state index in [1.165, 1.54) is 19.3 Å². The van der Waals surface area contributed by atoms with Crippen LogP contribution in [-0.4, -0.2) is 42.5 Å². The van der Waals surface area contributed by atoms with Crippen molar-refractivity contribution in [2.24, 2.45) is 11.7 Å². The summed E-state index contributed by atoms with van der Waals surface area (Å²) < 4.78 is 0. The minimum absolute atomic E-state index is 0.0539. The number of rotatable bonds is 4. The second-order valence-corrected chi connectivity index (χ2v) is 7.01. The lowest BCUT2D eigenvalue weighted by Gasteiger charge is -2.46. The standard InChI is InChI=1S/C15H29N3O/c1-12-6-4-7-14(10-12,18(2)3)11-17-13(19)15(16)8-5-9-15/h12H,4-11,16H2,1-3H3,(H,17,19). The van der Waals surface area contributed by atoms with Crippen LogP contribution in [0.4, 0.5) is 0 Å². The van der Waals surface area contributed by atoms with E-state index in [2.05, 4.69) is 31.2 Å². The molecule has 2 saturated carbocycles. The first-order chi connectivity index (χ1) is 8.88. The fourth-order valence-electron chi connectivity index (χ4n) is 3.56. The van der Waals surface area contributed by atoms with Crippen molar-refractivity contribution in [3.63, 3.8) is 0 Å². The van der Waals surface area contributed by atoms with Crippen LogP contribution in [0.15, 0.2) is 0 Å². The molecule has 110 valence electrons. The molecule has 0 saturated heterocycles. The number of hydrogen-bond donors (Lipinski definition) is 2. The number of nitrogens with one attached hydrogen (secondary N) is 1. The van der Waals surface area contributed by atoms with Crippen molar-refractivity contribution in [1.29, 1.82) is 0 Å². The maximum atomic E-state index is 12.2. The number of nitrogens with zero attached hydrogens (tertiary/aromatic N) is 1. The molecule has 2 rings (SSSR count). The van der Waals surface area contributed by atoms with Crippen molar-refractivity contribution in [3.05, 3.63) is 0 Å². The van der Waals surface area contributed by atoms with E-state index in [9.17, 15) is 4.79 Å². The predicted octanol–water partition coefficient (Wildman–Crippen LogP) is 1.49. The number of likely N-dealkylation sites (N-methyl/N-ethyl adjacent to an activating group) is 1. The molecule has 2 unspecified atom stereocenters. The monoisotopic (exact) mass is 267 g/mol. The van der Waals surface area contributed by atoms with Crippen LogP contribution < -0.4 is 11.1 Å². The lowest BCUT2D eigenvalue weighted by atomic mass is 9.74. The van der Waals surface area contributed by atoms with Crippen molar-refractivity contribution < 1.29 is 4.79 Å². The maximum Gasteiger partial charge on any atom is 0.240 e. The van der Waals surface area contributed by atoms with Crippen LogP contribution >= 0.6 is 0 Å². The Morgan fingerprint density at radius 1 is 1.32 bits per heavy atom. The van der Waals surface area contributed by atoms with E-state index in [1.54, 1.807) is 0 Å². The molecule has 1 amide bonds. The van der Waals surface area contributed by atoms with Crippen molar-refractivity contribution in [1.82, 2.24) is 10.2 Å². The smallest absolute Gasteiger partial charge is 0.240 e. The number of hydrogen-bond acceptors (Lipinski definition) is 3. The molecule has 3 N–H and O–H groups in total. The molecular weight excluding hydrogens is 238 g/mol. The third-order valence-electron chi connectivity index (χ3n) is 5.29. The summed E-state index contributed by atoms with van der Waals surface area (Å²) in [5.41, 5.74) is 5.63. The van der Waals surface area contributed by atoms with Gasteiger partial charge in [0.25, 0.3) is 0 Å². The third-order valence-corrected chi connectivity index (χ3v) is 5.29. The van der Waals surface area contributed by atoms with Gasteiger partial charge in [0.05, 0.1) is 5.54 Å². The fourth-order valence-corrected chi connectivity index (χ4v) is 3.56. The van der Waals surface area contributed by atoms with Gasteiger partial charge in [0.15, 0.2) is 0 Å². The summed E-state index contributed by atoms with van der Waals surface area (Å²) in [5, 5.41) is 3.13. The molecule has 2 atom stereocenters. The molecule has 2 aliphatic rings. The Kier molecular flexibility index (Phi) is 4.21. The summed E-state index contributed by atoms with van der Waals surface area (Å²) in [6.07, 6.45) is 7.65. The van der Waals surface area contributed by atoms with Gasteiger partial charge >= 0.3 is 0 Å². The largest absolute Gasteiger partial charge is 0.353 e.